The van der Waals surface area contributed by atoms with Crippen molar-refractivity contribution in [3.8, 4) is 22.8 Å². The van der Waals surface area contributed by atoms with Gasteiger partial charge in [-0.1, -0.05) is 24.3 Å². The first kappa shape index (κ1) is 24.2. The zero-order valence-corrected chi connectivity index (χ0v) is 19.7. The van der Waals surface area contributed by atoms with Crippen LogP contribution in [0.3, 0.4) is 0 Å². The van der Waals surface area contributed by atoms with E-state index in [0.29, 0.717) is 39.3 Å². The second-order valence-electron chi connectivity index (χ2n) is 7.83. The van der Waals surface area contributed by atoms with Gasteiger partial charge in [-0.3, -0.25) is 14.4 Å². The molecule has 3 aromatic carbocycles. The van der Waals surface area contributed by atoms with Crippen molar-refractivity contribution in [1.82, 2.24) is 10.3 Å². The lowest BCUT2D eigenvalue weighted by Gasteiger charge is -2.13. The molecule has 0 saturated heterocycles. The maximum absolute atomic E-state index is 13.4. The Bertz CT molecular complexity index is 1470. The van der Waals surface area contributed by atoms with Crippen LogP contribution in [-0.2, 0) is 4.79 Å². The minimum absolute atomic E-state index is 0.277. The number of carbonyl (C=O) groups excluding carboxylic acids is 3. The highest BCUT2D eigenvalue weighted by molar-refractivity contribution is 6.13. The van der Waals surface area contributed by atoms with E-state index in [1.807, 2.05) is 30.3 Å². The smallest absolute Gasteiger partial charge is 0.256 e. The summed E-state index contributed by atoms with van der Waals surface area (Å²) in [5.74, 6) is -0.371. The van der Waals surface area contributed by atoms with Crippen LogP contribution in [0.1, 0.15) is 20.7 Å². The first-order valence-corrected chi connectivity index (χ1v) is 11.0. The molecule has 4 aromatic rings. The molecule has 0 aliphatic carbocycles. The van der Waals surface area contributed by atoms with Crippen LogP contribution in [0.2, 0.25) is 0 Å². The minimum Gasteiger partial charge on any atom is -0.493 e. The highest BCUT2D eigenvalue weighted by atomic mass is 16.5. The molecule has 36 heavy (non-hydrogen) atoms. The maximum atomic E-state index is 13.4. The molecule has 1 heterocycles. The lowest BCUT2D eigenvalue weighted by molar-refractivity contribution is -0.117. The highest BCUT2D eigenvalue weighted by Crippen LogP contribution is 2.33. The fraction of sp³-hybridized carbons (Fsp3) is 0.111. The van der Waals surface area contributed by atoms with Gasteiger partial charge in [-0.15, -0.1) is 0 Å². The third kappa shape index (κ3) is 5.25. The number of primary amides is 1. The Hall–Kier alpha value is -4.92. The van der Waals surface area contributed by atoms with Crippen LogP contribution >= 0.6 is 0 Å². The van der Waals surface area contributed by atoms with E-state index in [2.05, 4.69) is 10.6 Å². The number of pyridine rings is 1. The number of aromatic nitrogens is 1. The van der Waals surface area contributed by atoms with E-state index in [0.717, 1.165) is 5.56 Å². The molecule has 1 aromatic heterocycles. The molecule has 3 amide bonds. The Labute approximate surface area is 207 Å². The van der Waals surface area contributed by atoms with Crippen molar-refractivity contribution in [3.05, 3.63) is 83.9 Å². The number of anilines is 1. The molecule has 4 N–H and O–H groups in total. The fourth-order valence-corrected chi connectivity index (χ4v) is 3.71. The van der Waals surface area contributed by atoms with E-state index >= 15 is 0 Å². The van der Waals surface area contributed by atoms with Crippen molar-refractivity contribution in [3.63, 3.8) is 0 Å². The van der Waals surface area contributed by atoms with E-state index in [9.17, 15) is 14.4 Å². The Balaban J connectivity index is 1.68. The van der Waals surface area contributed by atoms with Gasteiger partial charge < -0.3 is 25.8 Å². The van der Waals surface area contributed by atoms with E-state index < -0.39 is 11.8 Å². The molecular weight excluding hydrogens is 460 g/mol. The Morgan fingerprint density at radius 1 is 0.861 bits per heavy atom. The molecule has 0 unspecified atom stereocenters. The van der Waals surface area contributed by atoms with E-state index in [1.54, 1.807) is 50.6 Å². The number of nitrogens with zero attached hydrogens (tertiary/aromatic N) is 1. The quantitative estimate of drug-likeness (QED) is 0.351. The normalized spacial score (nSPS) is 10.5. The van der Waals surface area contributed by atoms with E-state index in [-0.39, 0.29) is 18.0 Å². The molecule has 0 radical (unpaired) electrons. The summed E-state index contributed by atoms with van der Waals surface area (Å²) in [5, 5.41) is 5.95. The molecule has 0 aliphatic rings. The number of hydrogen-bond acceptors (Lipinski definition) is 6. The second kappa shape index (κ2) is 10.6. The third-order valence-electron chi connectivity index (χ3n) is 5.45. The van der Waals surface area contributed by atoms with Gasteiger partial charge in [-0.25, -0.2) is 4.98 Å². The molecule has 9 heteroatoms. The number of benzene rings is 3. The van der Waals surface area contributed by atoms with Gasteiger partial charge in [0.25, 0.3) is 11.8 Å². The van der Waals surface area contributed by atoms with Gasteiger partial charge in [-0.2, -0.15) is 0 Å². The minimum atomic E-state index is -0.650. The van der Waals surface area contributed by atoms with Crippen LogP contribution in [-0.4, -0.2) is 43.5 Å². The molecule has 0 bridgehead atoms. The molecule has 0 fully saturated rings. The standard InChI is InChI=1S/C27H24N4O5/c1-35-23-11-10-16(13-24(23)36-2)22-14-20(19-8-3-4-9-21(19)31-22)27(34)30-18-7-5-6-17(12-18)26(33)29-15-25(28)32/h3-14H,15H2,1-2H3,(H2,28,32)(H,29,33)(H,30,34). The number of fused-ring (bicyclic) bond motifs is 1. The largest absolute Gasteiger partial charge is 0.493 e. The predicted octanol–water partition coefficient (Wildman–Crippen LogP) is 3.39. The summed E-state index contributed by atoms with van der Waals surface area (Å²) >= 11 is 0. The van der Waals surface area contributed by atoms with Gasteiger partial charge in [-0.05, 0) is 48.5 Å². The Morgan fingerprint density at radius 3 is 2.39 bits per heavy atom. The summed E-state index contributed by atoms with van der Waals surface area (Å²) in [6.45, 7) is -0.280. The molecule has 182 valence electrons. The van der Waals surface area contributed by atoms with Crippen molar-refractivity contribution in [2.75, 3.05) is 26.1 Å². The van der Waals surface area contributed by atoms with Gasteiger partial charge in [0.2, 0.25) is 5.91 Å². The Morgan fingerprint density at radius 2 is 1.64 bits per heavy atom. The summed E-state index contributed by atoms with van der Waals surface area (Å²) < 4.78 is 10.7. The average Bonchev–Trinajstić information content (AvgIpc) is 2.90. The number of carbonyl (C=O) groups is 3. The second-order valence-corrected chi connectivity index (χ2v) is 7.83. The highest BCUT2D eigenvalue weighted by Gasteiger charge is 2.16. The summed E-state index contributed by atoms with van der Waals surface area (Å²) in [5.41, 5.74) is 8.17. The van der Waals surface area contributed by atoms with Crippen molar-refractivity contribution >= 4 is 34.3 Å². The molecule has 0 spiro atoms. The zero-order valence-electron chi connectivity index (χ0n) is 19.7. The average molecular weight is 485 g/mol. The molecule has 4 rings (SSSR count). The van der Waals surface area contributed by atoms with Crippen LogP contribution < -0.4 is 25.8 Å². The van der Waals surface area contributed by atoms with Crippen molar-refractivity contribution in [1.29, 1.82) is 0 Å². The predicted molar refractivity (Wildman–Crippen MR) is 136 cm³/mol. The third-order valence-corrected chi connectivity index (χ3v) is 5.45. The van der Waals surface area contributed by atoms with Gasteiger partial charge in [0.1, 0.15) is 0 Å². The van der Waals surface area contributed by atoms with Gasteiger partial charge >= 0.3 is 0 Å². The van der Waals surface area contributed by atoms with Crippen molar-refractivity contribution < 1.29 is 23.9 Å². The number of nitrogens with two attached hydrogens (primary N) is 1. The maximum Gasteiger partial charge on any atom is 0.256 e. The number of hydrogen-bond donors (Lipinski definition) is 3. The number of methoxy groups -OCH3 is 2. The van der Waals surface area contributed by atoms with Crippen molar-refractivity contribution in [2.45, 2.75) is 0 Å². The summed E-state index contributed by atoms with van der Waals surface area (Å²) in [6, 6.07) is 20.9. The number of ether oxygens (including phenoxy) is 2. The lowest BCUT2D eigenvalue weighted by atomic mass is 10.0. The molecule has 0 saturated carbocycles. The van der Waals surface area contributed by atoms with Crippen LogP contribution in [0.25, 0.3) is 22.2 Å². The fourth-order valence-electron chi connectivity index (χ4n) is 3.71. The van der Waals surface area contributed by atoms with E-state index in [1.165, 1.54) is 6.07 Å². The zero-order chi connectivity index (χ0) is 25.7. The first-order valence-electron chi connectivity index (χ1n) is 11.0. The van der Waals surface area contributed by atoms with Crippen LogP contribution in [0, 0.1) is 0 Å². The molecular formula is C27H24N4O5. The summed E-state index contributed by atoms with van der Waals surface area (Å²) in [4.78, 5) is 41.3. The van der Waals surface area contributed by atoms with E-state index in [4.69, 9.17) is 20.2 Å². The van der Waals surface area contributed by atoms with Crippen molar-refractivity contribution in [2.24, 2.45) is 5.73 Å². The molecule has 0 aliphatic heterocycles. The molecule has 9 nitrogen and oxygen atoms in total. The monoisotopic (exact) mass is 484 g/mol. The first-order chi connectivity index (χ1) is 17.4. The topological polar surface area (TPSA) is 133 Å². The van der Waals surface area contributed by atoms with Gasteiger partial charge in [0, 0.05) is 22.2 Å². The van der Waals surface area contributed by atoms with Crippen LogP contribution in [0.4, 0.5) is 5.69 Å². The van der Waals surface area contributed by atoms with Crippen LogP contribution in [0.15, 0.2) is 72.8 Å². The van der Waals surface area contributed by atoms with Gasteiger partial charge in [0.05, 0.1) is 37.5 Å². The Kier molecular flexibility index (Phi) is 7.10. The van der Waals surface area contributed by atoms with Crippen LogP contribution in [0.5, 0.6) is 11.5 Å². The summed E-state index contributed by atoms with van der Waals surface area (Å²) in [6.07, 6.45) is 0. The van der Waals surface area contributed by atoms with Gasteiger partial charge in [0.15, 0.2) is 11.5 Å². The molecule has 0 atom stereocenters. The summed E-state index contributed by atoms with van der Waals surface area (Å²) in [7, 11) is 3.11. The number of rotatable bonds is 8. The lowest BCUT2D eigenvalue weighted by Crippen LogP contribution is -2.33. The SMILES string of the molecule is COc1ccc(-c2cc(C(=O)Nc3cccc(C(=O)NCC(N)=O)c3)c3ccccc3n2)cc1OC. The number of para-hydroxylation sites is 1. The number of amides is 3. The number of nitrogens with one attached hydrogen (secondary N) is 2.